The number of carboxylic acid groups (broad SMARTS) is 1. The smallest absolute Gasteiger partial charge is 0.352 e. The fourth-order valence-corrected chi connectivity index (χ4v) is 2.68. The first kappa shape index (κ1) is 17.1. The van der Waals surface area contributed by atoms with Crippen LogP contribution in [0.25, 0.3) is 6.08 Å². The number of rotatable bonds is 4. The van der Waals surface area contributed by atoms with E-state index in [1.165, 1.54) is 24.3 Å². The molecule has 2 aromatic rings. The summed E-state index contributed by atoms with van der Waals surface area (Å²) in [5, 5.41) is 12.2. The van der Waals surface area contributed by atoms with Crippen molar-refractivity contribution in [2.24, 2.45) is 0 Å². The molecule has 128 valence electrons. The number of halogens is 2. The molecule has 0 aliphatic carbocycles. The topological polar surface area (TPSA) is 84.9 Å². The van der Waals surface area contributed by atoms with Gasteiger partial charge in [-0.05, 0) is 42.0 Å². The van der Waals surface area contributed by atoms with Gasteiger partial charge in [-0.1, -0.05) is 29.3 Å². The maximum absolute atomic E-state index is 12.3. The van der Waals surface area contributed by atoms with Gasteiger partial charge in [-0.15, -0.1) is 0 Å². The van der Waals surface area contributed by atoms with Gasteiger partial charge in [-0.25, -0.2) is 4.79 Å². The van der Waals surface area contributed by atoms with E-state index in [-0.39, 0.29) is 23.1 Å². The highest BCUT2D eigenvalue weighted by molar-refractivity contribution is 6.36. The number of nitrogens with one attached hydrogen (secondary N) is 1. The van der Waals surface area contributed by atoms with Gasteiger partial charge in [-0.2, -0.15) is 0 Å². The van der Waals surface area contributed by atoms with Gasteiger partial charge >= 0.3 is 5.97 Å². The van der Waals surface area contributed by atoms with E-state index in [1.807, 2.05) is 0 Å². The maximum atomic E-state index is 12.3. The van der Waals surface area contributed by atoms with Crippen molar-refractivity contribution < 1.29 is 24.2 Å². The fraction of sp³-hybridized carbons (Fsp3) is 0.0588. The number of carbonyl (C=O) groups excluding carboxylic acids is 1. The van der Waals surface area contributed by atoms with E-state index >= 15 is 0 Å². The van der Waals surface area contributed by atoms with Crippen molar-refractivity contribution in [1.82, 2.24) is 5.32 Å². The Hall–Kier alpha value is -2.70. The predicted molar refractivity (Wildman–Crippen MR) is 92.1 cm³/mol. The molecule has 1 heterocycles. The average molecular weight is 380 g/mol. The van der Waals surface area contributed by atoms with Gasteiger partial charge in [0.2, 0.25) is 6.79 Å². The van der Waals surface area contributed by atoms with Crippen LogP contribution < -0.4 is 14.8 Å². The Bertz CT molecular complexity index is 895. The van der Waals surface area contributed by atoms with Crippen molar-refractivity contribution in [2.75, 3.05) is 6.79 Å². The van der Waals surface area contributed by atoms with Gasteiger partial charge in [0, 0.05) is 5.02 Å². The van der Waals surface area contributed by atoms with Crippen molar-refractivity contribution in [2.45, 2.75) is 0 Å². The minimum atomic E-state index is -1.30. The van der Waals surface area contributed by atoms with Crippen LogP contribution in [0.2, 0.25) is 10.0 Å². The number of fused-ring (bicyclic) bond motifs is 1. The maximum Gasteiger partial charge on any atom is 0.352 e. The molecule has 0 radical (unpaired) electrons. The van der Waals surface area contributed by atoms with Crippen molar-refractivity contribution in [3.05, 3.63) is 63.3 Å². The largest absolute Gasteiger partial charge is 0.477 e. The van der Waals surface area contributed by atoms with Crippen molar-refractivity contribution >= 4 is 41.2 Å². The average Bonchev–Trinajstić information content (AvgIpc) is 3.01. The normalized spacial score (nSPS) is 12.8. The van der Waals surface area contributed by atoms with Crippen LogP contribution in [0.5, 0.6) is 11.5 Å². The molecule has 1 amide bonds. The van der Waals surface area contributed by atoms with E-state index in [0.29, 0.717) is 22.1 Å². The Kier molecular flexibility index (Phi) is 4.83. The van der Waals surface area contributed by atoms with Crippen LogP contribution in [0.3, 0.4) is 0 Å². The SMILES string of the molecule is O=C(O)/C(=C\c1ccc2c(c1)OCO2)NC(=O)c1ccc(Cl)cc1Cl. The van der Waals surface area contributed by atoms with Gasteiger partial charge in [0.05, 0.1) is 10.6 Å². The van der Waals surface area contributed by atoms with Crippen molar-refractivity contribution in [3.8, 4) is 11.5 Å². The molecule has 0 spiro atoms. The van der Waals surface area contributed by atoms with Gasteiger partial charge < -0.3 is 19.9 Å². The summed E-state index contributed by atoms with van der Waals surface area (Å²) in [7, 11) is 0. The lowest BCUT2D eigenvalue weighted by molar-refractivity contribution is -0.132. The summed E-state index contributed by atoms with van der Waals surface area (Å²) in [6, 6.07) is 9.24. The lowest BCUT2D eigenvalue weighted by Gasteiger charge is -2.08. The number of amides is 1. The third-order valence-electron chi connectivity index (χ3n) is 3.36. The second-order valence-corrected chi connectivity index (χ2v) is 5.90. The zero-order valence-corrected chi connectivity index (χ0v) is 14.1. The van der Waals surface area contributed by atoms with Gasteiger partial charge in [0.1, 0.15) is 5.70 Å². The molecular weight excluding hydrogens is 369 g/mol. The van der Waals surface area contributed by atoms with Crippen LogP contribution in [-0.4, -0.2) is 23.8 Å². The van der Waals surface area contributed by atoms with Crippen molar-refractivity contribution in [1.29, 1.82) is 0 Å². The quantitative estimate of drug-likeness (QED) is 0.793. The van der Waals surface area contributed by atoms with Gasteiger partial charge in [-0.3, -0.25) is 4.79 Å². The Balaban J connectivity index is 1.86. The highest BCUT2D eigenvalue weighted by Gasteiger charge is 2.17. The molecule has 25 heavy (non-hydrogen) atoms. The standard InChI is InChI=1S/C17H11Cl2NO5/c18-10-2-3-11(12(19)7-10)16(21)20-13(17(22)23)5-9-1-4-14-15(6-9)25-8-24-14/h1-7H,8H2,(H,20,21)(H,22,23)/b13-5+. The Labute approximate surface area is 152 Å². The molecule has 0 saturated heterocycles. The summed E-state index contributed by atoms with van der Waals surface area (Å²) >= 11 is 11.8. The second kappa shape index (κ2) is 7.04. The summed E-state index contributed by atoms with van der Waals surface area (Å²) in [4.78, 5) is 23.7. The van der Waals surface area contributed by atoms with E-state index in [1.54, 1.807) is 18.2 Å². The number of carbonyl (C=O) groups is 2. The molecule has 3 rings (SSSR count). The lowest BCUT2D eigenvalue weighted by Crippen LogP contribution is -2.27. The van der Waals surface area contributed by atoms with Crippen LogP contribution in [0.4, 0.5) is 0 Å². The first-order chi connectivity index (χ1) is 11.9. The van der Waals surface area contributed by atoms with Crippen LogP contribution >= 0.6 is 23.2 Å². The number of benzene rings is 2. The molecule has 2 aromatic carbocycles. The molecular formula is C17H11Cl2NO5. The molecule has 8 heteroatoms. The minimum absolute atomic E-state index is 0.111. The number of hydrogen-bond acceptors (Lipinski definition) is 4. The monoisotopic (exact) mass is 379 g/mol. The Morgan fingerprint density at radius 3 is 2.56 bits per heavy atom. The molecule has 0 atom stereocenters. The molecule has 2 N–H and O–H groups in total. The van der Waals surface area contributed by atoms with Crippen LogP contribution in [0.15, 0.2) is 42.1 Å². The molecule has 0 fully saturated rings. The Morgan fingerprint density at radius 1 is 1.08 bits per heavy atom. The highest BCUT2D eigenvalue weighted by Crippen LogP contribution is 2.33. The molecule has 0 unspecified atom stereocenters. The first-order valence-corrected chi connectivity index (χ1v) is 7.80. The molecule has 0 bridgehead atoms. The predicted octanol–water partition coefficient (Wildman–Crippen LogP) is 3.58. The molecule has 6 nitrogen and oxygen atoms in total. The number of hydrogen-bond donors (Lipinski definition) is 2. The third-order valence-corrected chi connectivity index (χ3v) is 3.91. The summed E-state index contributed by atoms with van der Waals surface area (Å²) in [5.41, 5.74) is 0.336. The molecule has 1 aliphatic rings. The molecule has 0 saturated carbocycles. The van der Waals surface area contributed by atoms with Crippen LogP contribution in [0, 0.1) is 0 Å². The third kappa shape index (κ3) is 3.87. The first-order valence-electron chi connectivity index (χ1n) is 7.05. The number of ether oxygens (including phenoxy) is 2. The Morgan fingerprint density at radius 2 is 1.84 bits per heavy atom. The summed E-state index contributed by atoms with van der Waals surface area (Å²) < 4.78 is 10.4. The molecule has 1 aliphatic heterocycles. The lowest BCUT2D eigenvalue weighted by atomic mass is 10.1. The van der Waals surface area contributed by atoms with E-state index in [9.17, 15) is 14.7 Å². The van der Waals surface area contributed by atoms with Crippen LogP contribution in [-0.2, 0) is 4.79 Å². The minimum Gasteiger partial charge on any atom is -0.477 e. The second-order valence-electron chi connectivity index (χ2n) is 5.05. The van der Waals surface area contributed by atoms with E-state index in [0.717, 1.165) is 0 Å². The number of carboxylic acids is 1. The summed E-state index contributed by atoms with van der Waals surface area (Å²) in [6.07, 6.45) is 1.31. The zero-order valence-electron chi connectivity index (χ0n) is 12.6. The summed E-state index contributed by atoms with van der Waals surface area (Å²) in [6.45, 7) is 0.111. The molecule has 0 aromatic heterocycles. The van der Waals surface area contributed by atoms with Gasteiger partial charge in [0.15, 0.2) is 11.5 Å². The van der Waals surface area contributed by atoms with E-state index < -0.39 is 11.9 Å². The fourth-order valence-electron chi connectivity index (χ4n) is 2.18. The summed E-state index contributed by atoms with van der Waals surface area (Å²) in [5.74, 6) is -0.872. The highest BCUT2D eigenvalue weighted by atomic mass is 35.5. The van der Waals surface area contributed by atoms with Crippen LogP contribution in [0.1, 0.15) is 15.9 Å². The van der Waals surface area contributed by atoms with Gasteiger partial charge in [0.25, 0.3) is 5.91 Å². The van der Waals surface area contributed by atoms with E-state index in [2.05, 4.69) is 5.32 Å². The van der Waals surface area contributed by atoms with E-state index in [4.69, 9.17) is 32.7 Å². The number of aliphatic carboxylic acids is 1. The zero-order chi connectivity index (χ0) is 18.0. The van der Waals surface area contributed by atoms with Crippen molar-refractivity contribution in [3.63, 3.8) is 0 Å².